The van der Waals surface area contributed by atoms with Gasteiger partial charge in [0.1, 0.15) is 6.04 Å². The zero-order chi connectivity index (χ0) is 15.3. The Balaban J connectivity index is 2.74. The van der Waals surface area contributed by atoms with E-state index < -0.39 is 30.1 Å². The minimum absolute atomic E-state index is 0.0771. The Labute approximate surface area is 113 Å². The lowest BCUT2D eigenvalue weighted by Gasteiger charge is -2.37. The van der Waals surface area contributed by atoms with Crippen molar-refractivity contribution in [1.29, 1.82) is 0 Å². The Morgan fingerprint density at radius 2 is 2.10 bits per heavy atom. The quantitative estimate of drug-likeness (QED) is 0.443. The number of rotatable bonds is 5. The molecule has 20 heavy (non-hydrogen) atoms. The van der Waals surface area contributed by atoms with E-state index in [9.17, 15) is 22.8 Å². The average molecular weight is 296 g/mol. The van der Waals surface area contributed by atoms with Crippen LogP contribution in [0.2, 0.25) is 0 Å². The Morgan fingerprint density at radius 1 is 1.45 bits per heavy atom. The maximum atomic E-state index is 12.5. The van der Waals surface area contributed by atoms with Gasteiger partial charge in [0.05, 0.1) is 6.61 Å². The van der Waals surface area contributed by atoms with Crippen molar-refractivity contribution in [3.05, 3.63) is 12.7 Å². The molecule has 0 aromatic heterocycles. The third-order valence-corrected chi connectivity index (χ3v) is 2.82. The van der Waals surface area contributed by atoms with E-state index in [-0.39, 0.29) is 26.0 Å². The molecule has 1 aliphatic heterocycles. The van der Waals surface area contributed by atoms with Crippen molar-refractivity contribution in [3.63, 3.8) is 0 Å². The van der Waals surface area contributed by atoms with Crippen LogP contribution in [0.5, 0.6) is 0 Å². The molecule has 2 atom stereocenters. The van der Waals surface area contributed by atoms with Gasteiger partial charge in [-0.2, -0.15) is 18.7 Å². The Bertz CT molecular complexity index is 386. The largest absolute Gasteiger partial charge is 0.480 e. The van der Waals surface area contributed by atoms with E-state index in [4.69, 9.17) is 9.94 Å². The Kier molecular flexibility index (Phi) is 5.52. The van der Waals surface area contributed by atoms with Crippen LogP contribution in [0.3, 0.4) is 0 Å². The number of alkyl halides is 3. The van der Waals surface area contributed by atoms with Gasteiger partial charge >= 0.3 is 18.1 Å². The number of aliphatic carboxylic acids is 1. The van der Waals surface area contributed by atoms with Gasteiger partial charge in [-0.05, 0) is 12.8 Å². The van der Waals surface area contributed by atoms with Crippen molar-refractivity contribution in [1.82, 2.24) is 10.4 Å². The van der Waals surface area contributed by atoms with E-state index in [1.54, 1.807) is 0 Å². The number of carbonyl (C=O) groups excluding carboxylic acids is 1. The predicted molar refractivity (Wildman–Crippen MR) is 61.5 cm³/mol. The van der Waals surface area contributed by atoms with Crippen LogP contribution in [0.15, 0.2) is 12.7 Å². The first-order valence-corrected chi connectivity index (χ1v) is 5.86. The van der Waals surface area contributed by atoms with E-state index in [2.05, 4.69) is 12.1 Å². The molecule has 114 valence electrons. The van der Waals surface area contributed by atoms with Crippen molar-refractivity contribution < 1.29 is 32.7 Å². The van der Waals surface area contributed by atoms with Crippen LogP contribution in [-0.2, 0) is 14.4 Å². The van der Waals surface area contributed by atoms with Crippen LogP contribution in [0.1, 0.15) is 12.8 Å². The zero-order valence-electron chi connectivity index (χ0n) is 10.5. The highest BCUT2D eigenvalue weighted by atomic mass is 19.4. The highest BCUT2D eigenvalue weighted by Gasteiger charge is 2.48. The van der Waals surface area contributed by atoms with Crippen molar-refractivity contribution in [2.75, 3.05) is 13.2 Å². The number of carbonyl (C=O) groups is 2. The molecule has 1 aliphatic rings. The third kappa shape index (κ3) is 4.20. The summed E-state index contributed by atoms with van der Waals surface area (Å²) < 4.78 is 37.4. The molecule has 0 aliphatic carbocycles. The number of hydrogen-bond donors (Lipinski definition) is 2. The molecule has 0 saturated carbocycles. The van der Waals surface area contributed by atoms with Gasteiger partial charge in [0.25, 0.3) is 0 Å². The molecule has 0 bridgehead atoms. The van der Waals surface area contributed by atoms with E-state index in [1.807, 2.05) is 0 Å². The first kappa shape index (κ1) is 16.4. The molecule has 9 heteroatoms. The zero-order valence-corrected chi connectivity index (χ0v) is 10.5. The minimum atomic E-state index is -5.10. The number of hydroxylamine groups is 1. The highest BCUT2D eigenvalue weighted by Crippen LogP contribution is 2.25. The predicted octanol–water partition coefficient (Wildman–Crippen LogP) is 0.700. The Hall–Kier alpha value is -1.61. The maximum absolute atomic E-state index is 12.5. The first-order valence-electron chi connectivity index (χ1n) is 5.86. The molecule has 1 rings (SSSR count). The number of amides is 1. The topological polar surface area (TPSA) is 78.9 Å². The van der Waals surface area contributed by atoms with Crippen LogP contribution < -0.4 is 5.48 Å². The summed E-state index contributed by atoms with van der Waals surface area (Å²) in [6, 6.07) is -2.03. The molecule has 0 aromatic rings. The second-order valence-electron chi connectivity index (χ2n) is 4.30. The van der Waals surface area contributed by atoms with Crippen LogP contribution in [-0.4, -0.2) is 53.3 Å². The van der Waals surface area contributed by atoms with E-state index >= 15 is 0 Å². The van der Waals surface area contributed by atoms with Crippen molar-refractivity contribution in [2.24, 2.45) is 0 Å². The molecule has 1 heterocycles. The van der Waals surface area contributed by atoms with Gasteiger partial charge in [-0.25, -0.2) is 4.79 Å². The van der Waals surface area contributed by atoms with Gasteiger partial charge in [0, 0.05) is 12.6 Å². The molecule has 6 nitrogen and oxygen atoms in total. The van der Waals surface area contributed by atoms with Gasteiger partial charge in [-0.15, -0.1) is 6.58 Å². The third-order valence-electron chi connectivity index (χ3n) is 2.82. The summed E-state index contributed by atoms with van der Waals surface area (Å²) in [5, 5.41) is 8.90. The summed E-state index contributed by atoms with van der Waals surface area (Å²) in [5.74, 6) is -3.60. The SMILES string of the molecule is C=CCON[C@@H]1CC[C@@H](C(=O)O)N(C(=O)C(F)(F)F)C1. The Morgan fingerprint density at radius 3 is 2.60 bits per heavy atom. The number of halogens is 3. The number of likely N-dealkylation sites (tertiary alicyclic amines) is 1. The normalized spacial score (nSPS) is 23.4. The van der Waals surface area contributed by atoms with Crippen LogP contribution in [0, 0.1) is 0 Å². The maximum Gasteiger partial charge on any atom is 0.471 e. The summed E-state index contributed by atoms with van der Waals surface area (Å²) in [7, 11) is 0. The van der Waals surface area contributed by atoms with Crippen LogP contribution in [0.4, 0.5) is 13.2 Å². The fraction of sp³-hybridized carbons (Fsp3) is 0.636. The monoisotopic (exact) mass is 296 g/mol. The number of nitrogens with zero attached hydrogens (tertiary/aromatic N) is 1. The molecule has 0 aromatic carbocycles. The summed E-state index contributed by atoms with van der Waals surface area (Å²) in [6.45, 7) is 3.16. The van der Waals surface area contributed by atoms with Gasteiger partial charge in [0.2, 0.25) is 0 Å². The average Bonchev–Trinajstić information content (AvgIpc) is 2.36. The number of piperidine rings is 1. The second kappa shape index (κ2) is 6.71. The van der Waals surface area contributed by atoms with Gasteiger partial charge in [-0.3, -0.25) is 9.63 Å². The highest BCUT2D eigenvalue weighted by molar-refractivity contribution is 5.87. The fourth-order valence-electron chi connectivity index (χ4n) is 1.94. The fourth-order valence-corrected chi connectivity index (χ4v) is 1.94. The molecule has 0 unspecified atom stereocenters. The van der Waals surface area contributed by atoms with Crippen LogP contribution >= 0.6 is 0 Å². The lowest BCUT2D eigenvalue weighted by Crippen LogP contribution is -2.58. The molecule has 1 saturated heterocycles. The number of nitrogens with one attached hydrogen (secondary N) is 1. The van der Waals surface area contributed by atoms with Crippen molar-refractivity contribution >= 4 is 11.9 Å². The molecule has 1 fully saturated rings. The molecular formula is C11H15F3N2O4. The lowest BCUT2D eigenvalue weighted by atomic mass is 9.98. The summed E-state index contributed by atoms with van der Waals surface area (Å²) in [6.07, 6.45) is -3.45. The minimum Gasteiger partial charge on any atom is -0.480 e. The second-order valence-corrected chi connectivity index (χ2v) is 4.30. The molecule has 0 radical (unpaired) electrons. The number of hydrogen-bond acceptors (Lipinski definition) is 4. The standard InChI is InChI=1S/C11H15F3N2O4/c1-2-5-20-15-7-3-4-8(9(17)18)16(6-7)10(19)11(12,13)14/h2,7-8,15H,1,3-6H2,(H,17,18)/t7-,8+/m1/s1. The first-order chi connectivity index (χ1) is 9.27. The molecule has 0 spiro atoms. The van der Waals surface area contributed by atoms with Crippen molar-refractivity contribution in [3.8, 4) is 0 Å². The molecular weight excluding hydrogens is 281 g/mol. The van der Waals surface area contributed by atoms with Crippen molar-refractivity contribution in [2.45, 2.75) is 31.1 Å². The van der Waals surface area contributed by atoms with Gasteiger partial charge in [0.15, 0.2) is 0 Å². The smallest absolute Gasteiger partial charge is 0.471 e. The van der Waals surface area contributed by atoms with Gasteiger partial charge < -0.3 is 10.0 Å². The lowest BCUT2D eigenvalue weighted by molar-refractivity contribution is -0.192. The van der Waals surface area contributed by atoms with Crippen LogP contribution in [0.25, 0.3) is 0 Å². The van der Waals surface area contributed by atoms with E-state index in [1.165, 1.54) is 6.08 Å². The summed E-state index contributed by atoms with van der Waals surface area (Å²) in [5.41, 5.74) is 2.49. The molecule has 1 amide bonds. The van der Waals surface area contributed by atoms with Gasteiger partial charge in [-0.1, -0.05) is 6.08 Å². The summed E-state index contributed by atoms with van der Waals surface area (Å²) in [4.78, 5) is 27.4. The molecule has 2 N–H and O–H groups in total. The number of carboxylic acid groups (broad SMARTS) is 1. The van der Waals surface area contributed by atoms with E-state index in [0.717, 1.165) is 0 Å². The summed E-state index contributed by atoms with van der Waals surface area (Å²) >= 11 is 0. The number of carboxylic acids is 1. The van der Waals surface area contributed by atoms with E-state index in [0.29, 0.717) is 4.90 Å².